The van der Waals surface area contributed by atoms with Crippen LogP contribution in [-0.4, -0.2) is 26.1 Å². The summed E-state index contributed by atoms with van der Waals surface area (Å²) in [6, 6.07) is 5.15. The molecule has 0 spiro atoms. The summed E-state index contributed by atoms with van der Waals surface area (Å²) < 4.78 is 0. The Hall–Kier alpha value is -2.37. The first kappa shape index (κ1) is 13.1. The second-order valence-electron chi connectivity index (χ2n) is 4.27. The minimum Gasteiger partial charge on any atom is -0.478 e. The molecule has 100 valence electrons. The van der Waals surface area contributed by atoms with Gasteiger partial charge in [0, 0.05) is 5.69 Å². The van der Waals surface area contributed by atoms with E-state index in [0.717, 1.165) is 23.5 Å². The molecule has 1 aromatic heterocycles. The van der Waals surface area contributed by atoms with Crippen LogP contribution in [0.1, 0.15) is 28.5 Å². The molecule has 6 heteroatoms. The van der Waals surface area contributed by atoms with Gasteiger partial charge in [-0.15, -0.1) is 0 Å². The molecule has 0 aliphatic carbocycles. The van der Waals surface area contributed by atoms with Gasteiger partial charge in [-0.1, -0.05) is 0 Å². The monoisotopic (exact) mass is 260 g/mol. The number of benzene rings is 1. The van der Waals surface area contributed by atoms with Gasteiger partial charge in [0.2, 0.25) is 0 Å². The standard InChI is InChI=1S/C13H16N4O2/c1-3-17-15-8-12(16-17)7-14-11-5-9(2)4-10(6-11)13(18)19/h4-6,8,14H,3,7H2,1-2H3,(H,18,19). The van der Waals surface area contributed by atoms with Crippen LogP contribution in [0.5, 0.6) is 0 Å². The summed E-state index contributed by atoms with van der Waals surface area (Å²) in [4.78, 5) is 12.6. The van der Waals surface area contributed by atoms with Gasteiger partial charge in [-0.3, -0.25) is 0 Å². The number of aromatic nitrogens is 3. The van der Waals surface area contributed by atoms with Crippen LogP contribution in [-0.2, 0) is 13.1 Å². The molecular weight excluding hydrogens is 244 g/mol. The van der Waals surface area contributed by atoms with E-state index < -0.39 is 5.97 Å². The highest BCUT2D eigenvalue weighted by molar-refractivity contribution is 5.89. The summed E-state index contributed by atoms with van der Waals surface area (Å²) in [6.07, 6.45) is 1.70. The molecule has 19 heavy (non-hydrogen) atoms. The summed E-state index contributed by atoms with van der Waals surface area (Å²) in [7, 11) is 0. The third-order valence-electron chi connectivity index (χ3n) is 2.66. The Balaban J connectivity index is 2.08. The molecule has 0 aliphatic heterocycles. The van der Waals surface area contributed by atoms with Gasteiger partial charge in [-0.05, 0) is 37.6 Å². The number of carboxylic acid groups (broad SMARTS) is 1. The van der Waals surface area contributed by atoms with Crippen LogP contribution >= 0.6 is 0 Å². The first-order valence-electron chi connectivity index (χ1n) is 6.06. The zero-order valence-electron chi connectivity index (χ0n) is 10.9. The summed E-state index contributed by atoms with van der Waals surface area (Å²) >= 11 is 0. The van der Waals surface area contributed by atoms with Crippen LogP contribution < -0.4 is 5.32 Å². The molecule has 2 rings (SSSR count). The smallest absolute Gasteiger partial charge is 0.335 e. The number of aryl methyl sites for hydroxylation is 2. The van der Waals surface area contributed by atoms with E-state index in [0.29, 0.717) is 6.54 Å². The lowest BCUT2D eigenvalue weighted by molar-refractivity contribution is 0.0697. The van der Waals surface area contributed by atoms with Crippen LogP contribution in [0.15, 0.2) is 24.4 Å². The Morgan fingerprint density at radius 2 is 2.21 bits per heavy atom. The van der Waals surface area contributed by atoms with E-state index in [4.69, 9.17) is 5.11 Å². The molecule has 1 heterocycles. The zero-order chi connectivity index (χ0) is 13.8. The van der Waals surface area contributed by atoms with Gasteiger partial charge < -0.3 is 10.4 Å². The highest BCUT2D eigenvalue weighted by Crippen LogP contribution is 2.15. The largest absolute Gasteiger partial charge is 0.478 e. The van der Waals surface area contributed by atoms with Gasteiger partial charge >= 0.3 is 5.97 Å². The quantitative estimate of drug-likeness (QED) is 0.858. The molecule has 1 aromatic carbocycles. The molecule has 0 fully saturated rings. The van der Waals surface area contributed by atoms with Crippen molar-refractivity contribution in [3.8, 4) is 0 Å². The predicted molar refractivity (Wildman–Crippen MR) is 71.2 cm³/mol. The predicted octanol–water partition coefficient (Wildman–Crippen LogP) is 1.92. The number of carbonyl (C=O) groups is 1. The normalized spacial score (nSPS) is 10.4. The van der Waals surface area contributed by atoms with E-state index >= 15 is 0 Å². The van der Waals surface area contributed by atoms with Gasteiger partial charge in [0.1, 0.15) is 5.69 Å². The molecule has 0 bridgehead atoms. The van der Waals surface area contributed by atoms with Gasteiger partial charge in [-0.25, -0.2) is 4.79 Å². The molecule has 0 atom stereocenters. The summed E-state index contributed by atoms with van der Waals surface area (Å²) in [5, 5.41) is 20.5. The fourth-order valence-electron chi connectivity index (χ4n) is 1.77. The highest BCUT2D eigenvalue weighted by atomic mass is 16.4. The number of aromatic carboxylic acids is 1. The number of hydrogen-bond acceptors (Lipinski definition) is 4. The van der Waals surface area contributed by atoms with E-state index in [9.17, 15) is 4.79 Å². The number of carboxylic acids is 1. The maximum absolute atomic E-state index is 11.0. The van der Waals surface area contributed by atoms with E-state index in [-0.39, 0.29) is 5.56 Å². The second-order valence-corrected chi connectivity index (χ2v) is 4.27. The first-order chi connectivity index (χ1) is 9.08. The van der Waals surface area contributed by atoms with Crippen molar-refractivity contribution in [1.82, 2.24) is 15.0 Å². The van der Waals surface area contributed by atoms with Crippen molar-refractivity contribution in [3.63, 3.8) is 0 Å². The molecule has 2 aromatic rings. The summed E-state index contributed by atoms with van der Waals surface area (Å²) in [5.41, 5.74) is 2.77. The molecule has 0 radical (unpaired) electrons. The Kier molecular flexibility index (Phi) is 3.79. The summed E-state index contributed by atoms with van der Waals surface area (Å²) in [5.74, 6) is -0.927. The molecule has 0 amide bonds. The number of hydrogen-bond donors (Lipinski definition) is 2. The molecule has 0 aliphatic rings. The lowest BCUT2D eigenvalue weighted by Crippen LogP contribution is -2.04. The van der Waals surface area contributed by atoms with Crippen molar-refractivity contribution in [2.24, 2.45) is 0 Å². The van der Waals surface area contributed by atoms with Crippen LogP contribution in [0, 0.1) is 6.92 Å². The van der Waals surface area contributed by atoms with Gasteiger partial charge in [0.25, 0.3) is 0 Å². The lowest BCUT2D eigenvalue weighted by Gasteiger charge is -2.07. The van der Waals surface area contributed by atoms with Crippen molar-refractivity contribution in [1.29, 1.82) is 0 Å². The van der Waals surface area contributed by atoms with Crippen LogP contribution in [0.25, 0.3) is 0 Å². The Morgan fingerprint density at radius 1 is 1.42 bits per heavy atom. The molecule has 0 saturated heterocycles. The van der Waals surface area contributed by atoms with Gasteiger partial charge in [0.05, 0.1) is 24.8 Å². The van der Waals surface area contributed by atoms with E-state index in [2.05, 4.69) is 15.5 Å². The number of anilines is 1. The Morgan fingerprint density at radius 3 is 2.84 bits per heavy atom. The minimum atomic E-state index is -0.927. The average Bonchev–Trinajstić information content (AvgIpc) is 2.83. The van der Waals surface area contributed by atoms with Crippen molar-refractivity contribution in [2.45, 2.75) is 26.9 Å². The third-order valence-corrected chi connectivity index (χ3v) is 2.66. The summed E-state index contributed by atoms with van der Waals surface area (Å²) in [6.45, 7) is 5.08. The van der Waals surface area contributed by atoms with Crippen LogP contribution in [0.4, 0.5) is 5.69 Å². The van der Waals surface area contributed by atoms with Crippen molar-refractivity contribution in [2.75, 3.05) is 5.32 Å². The van der Waals surface area contributed by atoms with Gasteiger partial charge in [-0.2, -0.15) is 15.0 Å². The SMILES string of the molecule is CCn1ncc(CNc2cc(C)cc(C(=O)O)c2)n1. The maximum Gasteiger partial charge on any atom is 0.335 e. The molecule has 0 unspecified atom stereocenters. The third kappa shape index (κ3) is 3.31. The van der Waals surface area contributed by atoms with Gasteiger partial charge in [0.15, 0.2) is 0 Å². The number of nitrogens with one attached hydrogen (secondary N) is 1. The van der Waals surface area contributed by atoms with Crippen molar-refractivity contribution in [3.05, 3.63) is 41.2 Å². The molecule has 2 N–H and O–H groups in total. The fourth-order valence-corrected chi connectivity index (χ4v) is 1.77. The minimum absolute atomic E-state index is 0.278. The lowest BCUT2D eigenvalue weighted by atomic mass is 10.1. The first-order valence-corrected chi connectivity index (χ1v) is 6.06. The highest BCUT2D eigenvalue weighted by Gasteiger charge is 2.06. The van der Waals surface area contributed by atoms with Crippen LogP contribution in [0.2, 0.25) is 0 Å². The fraction of sp³-hybridized carbons (Fsp3) is 0.308. The topological polar surface area (TPSA) is 80.0 Å². The number of nitrogens with zero attached hydrogens (tertiary/aromatic N) is 3. The Labute approximate surface area is 111 Å². The maximum atomic E-state index is 11.0. The average molecular weight is 260 g/mol. The molecule has 0 saturated carbocycles. The van der Waals surface area contributed by atoms with Crippen molar-refractivity contribution < 1.29 is 9.90 Å². The Bertz CT molecular complexity index is 592. The second kappa shape index (κ2) is 5.51. The van der Waals surface area contributed by atoms with E-state index in [1.807, 2.05) is 19.9 Å². The zero-order valence-corrected chi connectivity index (χ0v) is 10.9. The molecule has 6 nitrogen and oxygen atoms in total. The van der Waals surface area contributed by atoms with E-state index in [1.54, 1.807) is 23.1 Å². The number of rotatable bonds is 5. The van der Waals surface area contributed by atoms with E-state index in [1.165, 1.54) is 0 Å². The molecular formula is C13H16N4O2. The van der Waals surface area contributed by atoms with Crippen LogP contribution in [0.3, 0.4) is 0 Å². The van der Waals surface area contributed by atoms with Crippen molar-refractivity contribution >= 4 is 11.7 Å².